The third kappa shape index (κ3) is 2.81. The third-order valence-corrected chi connectivity index (χ3v) is 3.45. The molecule has 0 bridgehead atoms. The molecule has 7 heteroatoms. The summed E-state index contributed by atoms with van der Waals surface area (Å²) in [6.07, 6.45) is 1.28. The number of benzene rings is 1. The van der Waals surface area contributed by atoms with Crippen molar-refractivity contribution in [3.63, 3.8) is 0 Å². The van der Waals surface area contributed by atoms with Crippen LogP contribution in [0.2, 0.25) is 0 Å². The van der Waals surface area contributed by atoms with Crippen molar-refractivity contribution in [2.45, 2.75) is 13.0 Å². The molecule has 1 amide bonds. The van der Waals surface area contributed by atoms with Crippen LogP contribution in [-0.4, -0.2) is 32.6 Å². The van der Waals surface area contributed by atoms with E-state index in [0.29, 0.717) is 31.0 Å². The van der Waals surface area contributed by atoms with Gasteiger partial charge in [-0.15, -0.1) is 0 Å². The van der Waals surface area contributed by atoms with Gasteiger partial charge in [-0.3, -0.25) is 0 Å². The molecule has 0 spiro atoms. The van der Waals surface area contributed by atoms with Gasteiger partial charge in [0.15, 0.2) is 0 Å². The Morgan fingerprint density at radius 2 is 2.32 bits per heavy atom. The molecule has 1 aromatic heterocycles. The SMILES string of the molecule is N#Cc1cccc(Nc2ncc3c(n2)CCN(C(=O)O)C3)c1. The smallest absolute Gasteiger partial charge is 0.407 e. The van der Waals surface area contributed by atoms with Crippen molar-refractivity contribution in [2.75, 3.05) is 11.9 Å². The van der Waals surface area contributed by atoms with Crippen LogP contribution in [0.1, 0.15) is 16.8 Å². The highest BCUT2D eigenvalue weighted by atomic mass is 16.4. The molecule has 1 aliphatic heterocycles. The lowest BCUT2D eigenvalue weighted by Gasteiger charge is -2.25. The number of hydrogen-bond donors (Lipinski definition) is 2. The predicted molar refractivity (Wildman–Crippen MR) is 78.6 cm³/mol. The molecule has 2 aromatic rings. The average Bonchev–Trinajstić information content (AvgIpc) is 2.54. The molecule has 1 aromatic carbocycles. The first-order valence-corrected chi connectivity index (χ1v) is 6.75. The van der Waals surface area contributed by atoms with Gasteiger partial charge in [-0.1, -0.05) is 6.07 Å². The number of aromatic nitrogens is 2. The van der Waals surface area contributed by atoms with E-state index >= 15 is 0 Å². The minimum Gasteiger partial charge on any atom is -0.465 e. The van der Waals surface area contributed by atoms with Gasteiger partial charge in [-0.25, -0.2) is 14.8 Å². The minimum atomic E-state index is -0.929. The molecule has 0 saturated carbocycles. The van der Waals surface area contributed by atoms with Gasteiger partial charge in [0.25, 0.3) is 0 Å². The quantitative estimate of drug-likeness (QED) is 0.880. The van der Waals surface area contributed by atoms with Gasteiger partial charge in [-0.05, 0) is 18.2 Å². The van der Waals surface area contributed by atoms with Crippen LogP contribution in [0, 0.1) is 11.3 Å². The summed E-state index contributed by atoms with van der Waals surface area (Å²) in [4.78, 5) is 21.0. The summed E-state index contributed by atoms with van der Waals surface area (Å²) in [5.41, 5.74) is 2.97. The molecular formula is C15H13N5O2. The van der Waals surface area contributed by atoms with Crippen LogP contribution >= 0.6 is 0 Å². The number of nitrogens with zero attached hydrogens (tertiary/aromatic N) is 4. The van der Waals surface area contributed by atoms with E-state index in [4.69, 9.17) is 10.4 Å². The number of hydrogen-bond acceptors (Lipinski definition) is 5. The molecule has 0 unspecified atom stereocenters. The molecule has 0 aliphatic carbocycles. The highest BCUT2D eigenvalue weighted by molar-refractivity contribution is 5.65. The summed E-state index contributed by atoms with van der Waals surface area (Å²) in [6, 6.07) is 9.13. The number of amides is 1. The fraction of sp³-hybridized carbons (Fsp3) is 0.200. The Hall–Kier alpha value is -3.14. The molecule has 0 radical (unpaired) electrons. The van der Waals surface area contributed by atoms with E-state index in [9.17, 15) is 4.79 Å². The number of fused-ring (bicyclic) bond motifs is 1. The Balaban J connectivity index is 1.80. The van der Waals surface area contributed by atoms with Gasteiger partial charge in [0, 0.05) is 30.4 Å². The maximum Gasteiger partial charge on any atom is 0.407 e. The van der Waals surface area contributed by atoms with Crippen LogP contribution < -0.4 is 5.32 Å². The number of nitrogens with one attached hydrogen (secondary N) is 1. The van der Waals surface area contributed by atoms with E-state index in [1.165, 1.54) is 4.90 Å². The van der Waals surface area contributed by atoms with Gasteiger partial charge in [-0.2, -0.15) is 5.26 Å². The zero-order chi connectivity index (χ0) is 15.5. The van der Waals surface area contributed by atoms with Crippen molar-refractivity contribution in [2.24, 2.45) is 0 Å². The van der Waals surface area contributed by atoms with Gasteiger partial charge in [0.2, 0.25) is 5.95 Å². The van der Waals surface area contributed by atoms with Crippen molar-refractivity contribution in [1.82, 2.24) is 14.9 Å². The van der Waals surface area contributed by atoms with E-state index in [1.54, 1.807) is 24.4 Å². The minimum absolute atomic E-state index is 0.314. The Bertz CT molecular complexity index is 769. The first-order chi connectivity index (χ1) is 10.7. The van der Waals surface area contributed by atoms with Crippen LogP contribution in [0.5, 0.6) is 0 Å². The molecule has 22 heavy (non-hydrogen) atoms. The molecule has 0 fully saturated rings. The molecule has 2 N–H and O–H groups in total. The van der Waals surface area contributed by atoms with Crippen molar-refractivity contribution in [1.29, 1.82) is 5.26 Å². The van der Waals surface area contributed by atoms with Crippen LogP contribution in [0.4, 0.5) is 16.4 Å². The third-order valence-electron chi connectivity index (χ3n) is 3.45. The Morgan fingerprint density at radius 1 is 1.45 bits per heavy atom. The molecule has 7 nitrogen and oxygen atoms in total. The van der Waals surface area contributed by atoms with E-state index in [1.807, 2.05) is 6.07 Å². The maximum atomic E-state index is 11.0. The van der Waals surface area contributed by atoms with E-state index in [-0.39, 0.29) is 0 Å². The van der Waals surface area contributed by atoms with Crippen molar-refractivity contribution < 1.29 is 9.90 Å². The topological polar surface area (TPSA) is 102 Å². The predicted octanol–water partition coefficient (Wildman–Crippen LogP) is 2.13. The molecule has 2 heterocycles. The largest absolute Gasteiger partial charge is 0.465 e. The number of carboxylic acid groups (broad SMARTS) is 1. The van der Waals surface area contributed by atoms with Crippen molar-refractivity contribution >= 4 is 17.7 Å². The lowest BCUT2D eigenvalue weighted by molar-refractivity contribution is 0.139. The van der Waals surface area contributed by atoms with Crippen molar-refractivity contribution in [3.8, 4) is 6.07 Å². The molecule has 110 valence electrons. The van der Waals surface area contributed by atoms with Crippen LogP contribution in [0.25, 0.3) is 0 Å². The summed E-state index contributed by atoms with van der Waals surface area (Å²) >= 11 is 0. The van der Waals surface area contributed by atoms with Crippen molar-refractivity contribution in [3.05, 3.63) is 47.3 Å². The first kappa shape index (κ1) is 13.8. The fourth-order valence-corrected chi connectivity index (χ4v) is 2.34. The van der Waals surface area contributed by atoms with Crippen LogP contribution in [-0.2, 0) is 13.0 Å². The molecule has 0 saturated heterocycles. The average molecular weight is 295 g/mol. The Kier molecular flexibility index (Phi) is 3.58. The van der Waals surface area contributed by atoms with Crippen LogP contribution in [0.3, 0.4) is 0 Å². The summed E-state index contributed by atoms with van der Waals surface area (Å²) < 4.78 is 0. The van der Waals surface area contributed by atoms with E-state index in [2.05, 4.69) is 21.4 Å². The summed E-state index contributed by atoms with van der Waals surface area (Å²) in [5.74, 6) is 0.442. The maximum absolute atomic E-state index is 11.0. The molecular weight excluding hydrogens is 282 g/mol. The summed E-state index contributed by atoms with van der Waals surface area (Å²) in [5, 5.41) is 21.0. The van der Waals surface area contributed by atoms with Gasteiger partial charge in [0.1, 0.15) is 0 Å². The monoisotopic (exact) mass is 295 g/mol. The second-order valence-corrected chi connectivity index (χ2v) is 4.94. The summed E-state index contributed by atoms with van der Waals surface area (Å²) in [6.45, 7) is 0.748. The van der Waals surface area contributed by atoms with Crippen LogP contribution in [0.15, 0.2) is 30.5 Å². The highest BCUT2D eigenvalue weighted by Gasteiger charge is 2.21. The zero-order valence-corrected chi connectivity index (χ0v) is 11.7. The fourth-order valence-electron chi connectivity index (χ4n) is 2.34. The second kappa shape index (κ2) is 5.69. The second-order valence-electron chi connectivity index (χ2n) is 4.94. The van der Waals surface area contributed by atoms with Gasteiger partial charge in [0.05, 0.1) is 23.9 Å². The lowest BCUT2D eigenvalue weighted by Crippen LogP contribution is -2.35. The first-order valence-electron chi connectivity index (χ1n) is 6.75. The zero-order valence-electron chi connectivity index (χ0n) is 11.7. The Labute approximate surface area is 126 Å². The van der Waals surface area contributed by atoms with Gasteiger partial charge < -0.3 is 15.3 Å². The molecule has 1 aliphatic rings. The number of anilines is 2. The standard InChI is InChI=1S/C15H13N5O2/c16-7-10-2-1-3-12(6-10)18-14-17-8-11-9-20(15(21)22)5-4-13(11)19-14/h1-3,6,8H,4-5,9H2,(H,21,22)(H,17,18,19). The highest BCUT2D eigenvalue weighted by Crippen LogP contribution is 2.20. The Morgan fingerprint density at radius 3 is 3.09 bits per heavy atom. The van der Waals surface area contributed by atoms with E-state index in [0.717, 1.165) is 16.9 Å². The molecule has 3 rings (SSSR count). The lowest BCUT2D eigenvalue weighted by atomic mass is 10.1. The number of rotatable bonds is 2. The van der Waals surface area contributed by atoms with E-state index < -0.39 is 6.09 Å². The number of nitriles is 1. The summed E-state index contributed by atoms with van der Waals surface area (Å²) in [7, 11) is 0. The number of carbonyl (C=O) groups is 1. The van der Waals surface area contributed by atoms with Gasteiger partial charge >= 0.3 is 6.09 Å². The molecule has 0 atom stereocenters. The normalized spacial score (nSPS) is 13.1.